The molecule has 3 heteroatoms. The molecule has 0 N–H and O–H groups in total. The van der Waals surface area contributed by atoms with E-state index in [4.69, 9.17) is 16.4 Å². The largest absolute Gasteiger partial charge is 0.391 e. The molecule has 82 valence electrons. The van der Waals surface area contributed by atoms with Crippen LogP contribution in [0.25, 0.3) is 0 Å². The van der Waals surface area contributed by atoms with Crippen LogP contribution >= 0.6 is 11.6 Å². The maximum atomic E-state index is 5.76. The van der Waals surface area contributed by atoms with Gasteiger partial charge in [-0.1, -0.05) is 42.2 Å². The minimum Gasteiger partial charge on any atom is -0.391 e. The predicted octanol–water partition coefficient (Wildman–Crippen LogP) is 4.03. The minimum atomic E-state index is 0.500. The Morgan fingerprint density at radius 3 is 2.73 bits per heavy atom. The Morgan fingerprint density at radius 1 is 1.33 bits per heavy atom. The maximum absolute atomic E-state index is 5.76. The summed E-state index contributed by atoms with van der Waals surface area (Å²) in [7, 11) is 0. The van der Waals surface area contributed by atoms with Crippen LogP contribution in [0, 0.1) is 0 Å². The van der Waals surface area contributed by atoms with E-state index in [1.54, 1.807) is 0 Å². The third-order valence-corrected chi connectivity index (χ3v) is 2.23. The van der Waals surface area contributed by atoms with E-state index in [0.29, 0.717) is 6.61 Å². The zero-order valence-electron chi connectivity index (χ0n) is 8.95. The van der Waals surface area contributed by atoms with E-state index < -0.39 is 0 Å². The molecule has 1 aromatic rings. The molecule has 15 heavy (non-hydrogen) atoms. The summed E-state index contributed by atoms with van der Waals surface area (Å²) in [5.74, 6) is 0. The summed E-state index contributed by atoms with van der Waals surface area (Å²) in [5, 5.41) is 4.61. The van der Waals surface area contributed by atoms with Crippen LogP contribution in [-0.4, -0.2) is 6.21 Å². The average molecular weight is 226 g/mol. The van der Waals surface area contributed by atoms with Gasteiger partial charge in [-0.15, -0.1) is 0 Å². The van der Waals surface area contributed by atoms with Crippen molar-refractivity contribution in [3.05, 3.63) is 34.9 Å². The fourth-order valence-corrected chi connectivity index (χ4v) is 1.22. The Labute approximate surface area is 95.9 Å². The van der Waals surface area contributed by atoms with Crippen LogP contribution in [0.5, 0.6) is 0 Å². The monoisotopic (exact) mass is 225 g/mol. The molecule has 0 spiro atoms. The van der Waals surface area contributed by atoms with Gasteiger partial charge in [-0.3, -0.25) is 0 Å². The standard InChI is InChI=1S/C12H16ClNO/c1-2-3-4-9-14-15-10-11-5-7-12(13)8-6-11/h5-9H,2-4,10H2,1H3. The van der Waals surface area contributed by atoms with Gasteiger partial charge in [-0.2, -0.15) is 0 Å². The molecule has 0 aliphatic carbocycles. The molecule has 0 fully saturated rings. The molecule has 0 amide bonds. The van der Waals surface area contributed by atoms with Gasteiger partial charge in [-0.05, 0) is 30.5 Å². The van der Waals surface area contributed by atoms with E-state index in [1.165, 1.54) is 6.42 Å². The summed E-state index contributed by atoms with van der Waals surface area (Å²) in [5.41, 5.74) is 1.08. The van der Waals surface area contributed by atoms with E-state index in [2.05, 4.69) is 12.1 Å². The summed E-state index contributed by atoms with van der Waals surface area (Å²) in [6.45, 7) is 2.65. The number of nitrogens with zero attached hydrogens (tertiary/aromatic N) is 1. The summed E-state index contributed by atoms with van der Waals surface area (Å²) in [6.07, 6.45) is 5.15. The predicted molar refractivity (Wildman–Crippen MR) is 64.3 cm³/mol. The SMILES string of the molecule is CCCCC=NOCc1ccc(Cl)cc1. The first-order valence-electron chi connectivity index (χ1n) is 5.21. The van der Waals surface area contributed by atoms with Crippen LogP contribution in [0.2, 0.25) is 5.02 Å². The Morgan fingerprint density at radius 2 is 2.07 bits per heavy atom. The van der Waals surface area contributed by atoms with Crippen molar-refractivity contribution in [2.45, 2.75) is 32.8 Å². The van der Waals surface area contributed by atoms with E-state index in [0.717, 1.165) is 23.4 Å². The van der Waals surface area contributed by atoms with Crippen molar-refractivity contribution in [1.29, 1.82) is 0 Å². The van der Waals surface area contributed by atoms with E-state index >= 15 is 0 Å². The molecule has 0 aliphatic rings. The molecule has 0 saturated heterocycles. The second kappa shape index (κ2) is 7.30. The summed E-state index contributed by atoms with van der Waals surface area (Å²) in [6, 6.07) is 7.57. The molecule has 0 radical (unpaired) electrons. The highest BCUT2D eigenvalue weighted by Gasteiger charge is 1.91. The fraction of sp³-hybridized carbons (Fsp3) is 0.417. The average Bonchev–Trinajstić information content (AvgIpc) is 2.26. The highest BCUT2D eigenvalue weighted by molar-refractivity contribution is 6.30. The fourth-order valence-electron chi connectivity index (χ4n) is 1.09. The number of oxime groups is 1. The first-order valence-corrected chi connectivity index (χ1v) is 5.59. The van der Waals surface area contributed by atoms with Crippen molar-refractivity contribution < 1.29 is 4.84 Å². The molecule has 0 saturated carbocycles. The quantitative estimate of drug-likeness (QED) is 0.407. The van der Waals surface area contributed by atoms with Crippen molar-refractivity contribution >= 4 is 17.8 Å². The summed E-state index contributed by atoms with van der Waals surface area (Å²) < 4.78 is 0. The van der Waals surface area contributed by atoms with Crippen molar-refractivity contribution in [3.63, 3.8) is 0 Å². The zero-order chi connectivity index (χ0) is 10.9. The van der Waals surface area contributed by atoms with Gasteiger partial charge in [-0.25, -0.2) is 0 Å². The van der Waals surface area contributed by atoms with Crippen LogP contribution < -0.4 is 0 Å². The summed E-state index contributed by atoms with van der Waals surface area (Å²) in [4.78, 5) is 5.13. The van der Waals surface area contributed by atoms with Gasteiger partial charge in [0.2, 0.25) is 0 Å². The molecular formula is C12H16ClNO. The number of rotatable bonds is 6. The number of hydrogen-bond donors (Lipinski definition) is 0. The normalized spacial score (nSPS) is 10.8. The topological polar surface area (TPSA) is 21.6 Å². The number of hydrogen-bond acceptors (Lipinski definition) is 2. The smallest absolute Gasteiger partial charge is 0.142 e. The highest BCUT2D eigenvalue weighted by Crippen LogP contribution is 2.10. The van der Waals surface area contributed by atoms with Gasteiger partial charge in [0.15, 0.2) is 0 Å². The van der Waals surface area contributed by atoms with Gasteiger partial charge in [0, 0.05) is 11.2 Å². The second-order valence-electron chi connectivity index (χ2n) is 3.33. The number of unbranched alkanes of at least 4 members (excludes halogenated alkanes) is 2. The number of benzene rings is 1. The Kier molecular flexibility index (Phi) is 5.86. The van der Waals surface area contributed by atoms with Crippen LogP contribution in [-0.2, 0) is 11.4 Å². The molecule has 1 aromatic carbocycles. The van der Waals surface area contributed by atoms with E-state index in [1.807, 2.05) is 30.5 Å². The van der Waals surface area contributed by atoms with E-state index in [-0.39, 0.29) is 0 Å². The lowest BCUT2D eigenvalue weighted by Crippen LogP contribution is -1.87. The maximum Gasteiger partial charge on any atom is 0.142 e. The summed E-state index contributed by atoms with van der Waals surface area (Å²) >= 11 is 5.76. The molecule has 0 aromatic heterocycles. The van der Waals surface area contributed by atoms with Crippen molar-refractivity contribution in [2.24, 2.45) is 5.16 Å². The van der Waals surface area contributed by atoms with Crippen molar-refractivity contribution in [2.75, 3.05) is 0 Å². The van der Waals surface area contributed by atoms with Crippen LogP contribution in [0.15, 0.2) is 29.4 Å². The van der Waals surface area contributed by atoms with Crippen molar-refractivity contribution in [3.8, 4) is 0 Å². The molecule has 2 nitrogen and oxygen atoms in total. The van der Waals surface area contributed by atoms with Gasteiger partial charge in [0.25, 0.3) is 0 Å². The van der Waals surface area contributed by atoms with E-state index in [9.17, 15) is 0 Å². The zero-order valence-corrected chi connectivity index (χ0v) is 9.70. The molecule has 0 bridgehead atoms. The molecule has 0 atom stereocenters. The molecule has 0 unspecified atom stereocenters. The Balaban J connectivity index is 2.20. The molecule has 1 rings (SSSR count). The van der Waals surface area contributed by atoms with Gasteiger partial charge in [0.1, 0.15) is 6.61 Å². The number of halogens is 1. The first-order chi connectivity index (χ1) is 7.33. The lowest BCUT2D eigenvalue weighted by molar-refractivity contribution is 0.131. The van der Waals surface area contributed by atoms with Crippen LogP contribution in [0.3, 0.4) is 0 Å². The van der Waals surface area contributed by atoms with Gasteiger partial charge < -0.3 is 4.84 Å². The third-order valence-electron chi connectivity index (χ3n) is 1.98. The molecule has 0 aliphatic heterocycles. The van der Waals surface area contributed by atoms with Crippen LogP contribution in [0.4, 0.5) is 0 Å². The highest BCUT2D eigenvalue weighted by atomic mass is 35.5. The Bertz CT molecular complexity index is 295. The van der Waals surface area contributed by atoms with Crippen LogP contribution in [0.1, 0.15) is 31.7 Å². The van der Waals surface area contributed by atoms with Crippen molar-refractivity contribution in [1.82, 2.24) is 0 Å². The molecule has 0 heterocycles. The second-order valence-corrected chi connectivity index (χ2v) is 3.77. The lowest BCUT2D eigenvalue weighted by atomic mass is 10.2. The third kappa shape index (κ3) is 5.43. The van der Waals surface area contributed by atoms with Gasteiger partial charge in [0.05, 0.1) is 0 Å². The molecular weight excluding hydrogens is 210 g/mol. The lowest BCUT2D eigenvalue weighted by Gasteiger charge is -1.99. The first kappa shape index (κ1) is 12.1. The minimum absolute atomic E-state index is 0.500. The van der Waals surface area contributed by atoms with Gasteiger partial charge >= 0.3 is 0 Å². The Hall–Kier alpha value is -1.02.